The first-order valence-corrected chi connectivity index (χ1v) is 10.8. The summed E-state index contributed by atoms with van der Waals surface area (Å²) >= 11 is 0. The summed E-state index contributed by atoms with van der Waals surface area (Å²) < 4.78 is 5.61. The van der Waals surface area contributed by atoms with Crippen molar-refractivity contribution < 1.29 is 14.3 Å². The number of nitrogens with zero attached hydrogens (tertiary/aromatic N) is 2. The summed E-state index contributed by atoms with van der Waals surface area (Å²) in [5, 5.41) is 1.21. The first-order chi connectivity index (χ1) is 15.2. The Kier molecular flexibility index (Phi) is 5.20. The van der Waals surface area contributed by atoms with E-state index in [1.54, 1.807) is 4.90 Å². The third-order valence-corrected chi connectivity index (χ3v) is 6.08. The molecule has 3 heterocycles. The monoisotopic (exact) mass is 415 g/mol. The number of fused-ring (bicyclic) bond motifs is 2. The van der Waals surface area contributed by atoms with Gasteiger partial charge in [-0.3, -0.25) is 9.59 Å². The van der Waals surface area contributed by atoms with Crippen molar-refractivity contribution in [3.05, 3.63) is 66.4 Å². The zero-order valence-corrected chi connectivity index (χ0v) is 17.3. The molecule has 31 heavy (non-hydrogen) atoms. The summed E-state index contributed by atoms with van der Waals surface area (Å²) in [4.78, 5) is 32.4. The Hall–Kier alpha value is -3.54. The third-order valence-electron chi connectivity index (χ3n) is 6.08. The number of para-hydroxylation sites is 3. The second-order valence-electron chi connectivity index (χ2n) is 7.93. The van der Waals surface area contributed by atoms with Crippen molar-refractivity contribution in [1.82, 2.24) is 9.88 Å². The Bertz CT molecular complexity index is 1160. The second-order valence-corrected chi connectivity index (χ2v) is 7.93. The van der Waals surface area contributed by atoms with Crippen LogP contribution < -0.4 is 9.64 Å². The van der Waals surface area contributed by atoms with Crippen LogP contribution in [-0.2, 0) is 9.59 Å². The molecule has 0 bridgehead atoms. The van der Waals surface area contributed by atoms with Crippen LogP contribution in [0.5, 0.6) is 5.75 Å². The summed E-state index contributed by atoms with van der Waals surface area (Å²) in [6.45, 7) is 2.26. The minimum absolute atomic E-state index is 0.0314. The molecule has 1 N–H and O–H groups in total. The van der Waals surface area contributed by atoms with Crippen molar-refractivity contribution >= 4 is 34.0 Å². The number of anilines is 1. The summed E-state index contributed by atoms with van der Waals surface area (Å²) in [6.07, 6.45) is 5.44. The summed E-state index contributed by atoms with van der Waals surface area (Å²) in [5.74, 6) is 0.722. The highest BCUT2D eigenvalue weighted by molar-refractivity contribution is 5.97. The van der Waals surface area contributed by atoms with Crippen molar-refractivity contribution in [2.24, 2.45) is 0 Å². The number of rotatable bonds is 4. The average Bonchev–Trinajstić information content (AvgIpc) is 3.26. The van der Waals surface area contributed by atoms with Crippen molar-refractivity contribution in [3.8, 4) is 5.75 Å². The Labute approximate surface area is 181 Å². The molecular weight excluding hydrogens is 390 g/mol. The number of hydrogen-bond acceptors (Lipinski definition) is 3. The Balaban J connectivity index is 1.19. The van der Waals surface area contributed by atoms with Gasteiger partial charge in [-0.2, -0.15) is 0 Å². The van der Waals surface area contributed by atoms with Crippen molar-refractivity contribution in [1.29, 1.82) is 0 Å². The van der Waals surface area contributed by atoms with Gasteiger partial charge in [-0.05, 0) is 30.2 Å². The van der Waals surface area contributed by atoms with Crippen LogP contribution in [0.4, 0.5) is 5.69 Å². The number of amides is 2. The van der Waals surface area contributed by atoms with Gasteiger partial charge < -0.3 is 19.5 Å². The molecule has 2 amide bonds. The van der Waals surface area contributed by atoms with E-state index in [2.05, 4.69) is 23.2 Å². The molecule has 0 aliphatic carbocycles. The zero-order valence-electron chi connectivity index (χ0n) is 17.3. The minimum Gasteiger partial charge on any atom is -0.490 e. The van der Waals surface area contributed by atoms with Crippen LogP contribution in [0.15, 0.2) is 60.8 Å². The average molecular weight is 415 g/mol. The van der Waals surface area contributed by atoms with E-state index in [-0.39, 0.29) is 24.7 Å². The molecular formula is C25H25N3O3. The fourth-order valence-electron chi connectivity index (χ4n) is 4.41. The molecule has 5 rings (SSSR count). The normalized spacial score (nSPS) is 15.9. The first-order valence-electron chi connectivity index (χ1n) is 10.8. The van der Waals surface area contributed by atoms with E-state index in [0.717, 1.165) is 23.4 Å². The molecule has 0 radical (unpaired) electrons. The number of hydrogen-bond donors (Lipinski definition) is 1. The minimum atomic E-state index is -0.0314. The Morgan fingerprint density at radius 3 is 2.65 bits per heavy atom. The standard InChI is InChI=1S/C25H25N3O3/c29-24(9-10-25(30)28-15-16-31-23-8-4-3-7-22(23)28)27-13-11-18(12-14-27)20-17-26-21-6-2-1-5-19(20)21/h1-8,11,17,26H,9-10,12-16H2. The molecule has 3 aromatic rings. The lowest BCUT2D eigenvalue weighted by Crippen LogP contribution is -2.39. The van der Waals surface area contributed by atoms with Gasteiger partial charge in [0.25, 0.3) is 0 Å². The van der Waals surface area contributed by atoms with Gasteiger partial charge in [-0.15, -0.1) is 0 Å². The molecule has 0 atom stereocenters. The van der Waals surface area contributed by atoms with Crippen LogP contribution >= 0.6 is 0 Å². The van der Waals surface area contributed by atoms with E-state index in [9.17, 15) is 9.59 Å². The maximum Gasteiger partial charge on any atom is 0.227 e. The largest absolute Gasteiger partial charge is 0.490 e. The summed E-state index contributed by atoms with van der Waals surface area (Å²) in [6, 6.07) is 15.8. The topological polar surface area (TPSA) is 65.6 Å². The van der Waals surface area contributed by atoms with Gasteiger partial charge in [0.2, 0.25) is 11.8 Å². The molecule has 158 valence electrons. The van der Waals surface area contributed by atoms with Gasteiger partial charge in [0, 0.05) is 48.6 Å². The van der Waals surface area contributed by atoms with Crippen LogP contribution in [-0.4, -0.2) is 47.9 Å². The third kappa shape index (κ3) is 3.81. The predicted molar refractivity (Wildman–Crippen MR) is 121 cm³/mol. The fraction of sp³-hybridized carbons (Fsp3) is 0.280. The van der Waals surface area contributed by atoms with Crippen LogP contribution in [0.2, 0.25) is 0 Å². The van der Waals surface area contributed by atoms with E-state index < -0.39 is 0 Å². The van der Waals surface area contributed by atoms with Gasteiger partial charge >= 0.3 is 0 Å². The number of aromatic nitrogens is 1. The quantitative estimate of drug-likeness (QED) is 0.701. The maximum absolute atomic E-state index is 12.8. The molecule has 6 nitrogen and oxygen atoms in total. The van der Waals surface area contributed by atoms with Gasteiger partial charge in [0.15, 0.2) is 0 Å². The first kappa shape index (κ1) is 19.4. The Morgan fingerprint density at radius 1 is 0.968 bits per heavy atom. The van der Waals surface area contributed by atoms with E-state index in [4.69, 9.17) is 4.74 Å². The molecule has 1 aromatic heterocycles. The van der Waals surface area contributed by atoms with Crippen LogP contribution in [0.3, 0.4) is 0 Å². The van der Waals surface area contributed by atoms with E-state index in [1.807, 2.05) is 47.5 Å². The number of benzene rings is 2. The van der Waals surface area contributed by atoms with Gasteiger partial charge in [0.1, 0.15) is 12.4 Å². The number of carbonyl (C=O) groups is 2. The van der Waals surface area contributed by atoms with E-state index in [1.165, 1.54) is 16.5 Å². The molecule has 2 aromatic carbocycles. The molecule has 2 aliphatic rings. The predicted octanol–water partition coefficient (Wildman–Crippen LogP) is 3.99. The Morgan fingerprint density at radius 2 is 1.77 bits per heavy atom. The summed E-state index contributed by atoms with van der Waals surface area (Å²) in [7, 11) is 0. The molecule has 0 fully saturated rings. The molecule has 0 unspecified atom stereocenters. The SMILES string of the molecule is O=C(CCC(=O)N1CCOc2ccccc21)N1CC=C(c2c[nH]c3ccccc23)CC1. The number of aromatic amines is 1. The van der Waals surface area contributed by atoms with Gasteiger partial charge in [0.05, 0.1) is 12.2 Å². The lowest BCUT2D eigenvalue weighted by atomic mass is 9.98. The van der Waals surface area contributed by atoms with Crippen molar-refractivity contribution in [2.75, 3.05) is 31.1 Å². The van der Waals surface area contributed by atoms with Gasteiger partial charge in [-0.1, -0.05) is 36.4 Å². The van der Waals surface area contributed by atoms with Crippen molar-refractivity contribution in [3.63, 3.8) is 0 Å². The molecule has 2 aliphatic heterocycles. The highest BCUT2D eigenvalue weighted by Crippen LogP contribution is 2.32. The fourth-order valence-corrected chi connectivity index (χ4v) is 4.41. The number of carbonyl (C=O) groups excluding carboxylic acids is 2. The highest BCUT2D eigenvalue weighted by Gasteiger charge is 2.25. The molecule has 0 saturated heterocycles. The number of ether oxygens (including phenoxy) is 1. The van der Waals surface area contributed by atoms with Crippen LogP contribution in [0.1, 0.15) is 24.8 Å². The molecule has 0 spiro atoms. The van der Waals surface area contributed by atoms with Gasteiger partial charge in [-0.25, -0.2) is 0 Å². The lowest BCUT2D eigenvalue weighted by Gasteiger charge is -2.30. The van der Waals surface area contributed by atoms with Crippen LogP contribution in [0.25, 0.3) is 16.5 Å². The second kappa shape index (κ2) is 8.30. The van der Waals surface area contributed by atoms with Crippen molar-refractivity contribution in [2.45, 2.75) is 19.3 Å². The summed E-state index contributed by atoms with van der Waals surface area (Å²) in [5.41, 5.74) is 4.39. The smallest absolute Gasteiger partial charge is 0.227 e. The van der Waals surface area contributed by atoms with Crippen LogP contribution in [0, 0.1) is 0 Å². The highest BCUT2D eigenvalue weighted by atomic mass is 16.5. The number of nitrogens with one attached hydrogen (secondary N) is 1. The zero-order chi connectivity index (χ0) is 21.2. The number of H-pyrrole nitrogens is 1. The molecule has 0 saturated carbocycles. The lowest BCUT2D eigenvalue weighted by molar-refractivity contribution is -0.132. The van der Waals surface area contributed by atoms with E-state index in [0.29, 0.717) is 26.2 Å². The maximum atomic E-state index is 12.8. The van der Waals surface area contributed by atoms with E-state index >= 15 is 0 Å². The molecule has 6 heteroatoms.